The minimum atomic E-state index is 0. The Balaban J connectivity index is 0.00000300. The summed E-state index contributed by atoms with van der Waals surface area (Å²) >= 11 is 0. The van der Waals surface area contributed by atoms with Crippen molar-refractivity contribution in [2.45, 2.75) is 19.9 Å². The van der Waals surface area contributed by atoms with E-state index in [4.69, 9.17) is 9.26 Å². The first-order valence-corrected chi connectivity index (χ1v) is 9.28. The zero-order valence-corrected chi connectivity index (χ0v) is 19.3. The van der Waals surface area contributed by atoms with E-state index < -0.39 is 0 Å². The molecule has 0 saturated carbocycles. The predicted molar refractivity (Wildman–Crippen MR) is 127 cm³/mol. The van der Waals surface area contributed by atoms with Crippen LogP contribution in [0.5, 0.6) is 5.75 Å². The van der Waals surface area contributed by atoms with Gasteiger partial charge in [-0.15, -0.1) is 24.0 Å². The Morgan fingerprint density at radius 3 is 2.62 bits per heavy atom. The van der Waals surface area contributed by atoms with E-state index in [1.165, 1.54) is 5.56 Å². The Kier molecular flexibility index (Phi) is 8.98. The van der Waals surface area contributed by atoms with E-state index in [0.717, 1.165) is 47.3 Å². The molecule has 29 heavy (non-hydrogen) atoms. The van der Waals surface area contributed by atoms with Crippen molar-refractivity contribution >= 4 is 29.9 Å². The number of aromatic nitrogens is 1. The van der Waals surface area contributed by atoms with Crippen LogP contribution < -0.4 is 15.4 Å². The topological polar surface area (TPSA) is 71.7 Å². The van der Waals surface area contributed by atoms with Crippen molar-refractivity contribution in [3.8, 4) is 17.1 Å². The lowest BCUT2D eigenvalue weighted by atomic mass is 10.1. The Morgan fingerprint density at radius 2 is 1.90 bits per heavy atom. The number of halogens is 1. The first-order valence-electron chi connectivity index (χ1n) is 9.28. The fourth-order valence-electron chi connectivity index (χ4n) is 2.87. The van der Waals surface area contributed by atoms with Gasteiger partial charge in [-0.3, -0.25) is 4.99 Å². The molecular weight excluding hydrogens is 479 g/mol. The van der Waals surface area contributed by atoms with E-state index in [-0.39, 0.29) is 24.0 Å². The normalized spacial score (nSPS) is 10.9. The van der Waals surface area contributed by atoms with Gasteiger partial charge in [-0.05, 0) is 30.5 Å². The third kappa shape index (κ3) is 6.49. The lowest BCUT2D eigenvalue weighted by Crippen LogP contribution is -2.37. The molecule has 7 heteroatoms. The van der Waals surface area contributed by atoms with Crippen LogP contribution in [0.3, 0.4) is 0 Å². The van der Waals surface area contributed by atoms with Crippen molar-refractivity contribution < 1.29 is 9.26 Å². The van der Waals surface area contributed by atoms with Gasteiger partial charge in [-0.25, -0.2) is 0 Å². The van der Waals surface area contributed by atoms with Crippen LogP contribution in [-0.4, -0.2) is 31.8 Å². The number of methoxy groups -OCH3 is 1. The molecule has 6 nitrogen and oxygen atoms in total. The SMILES string of the molecule is CN=C(NCCc1ccc(C)c(OC)c1)NCc1cc(-c2ccccc2)on1.I. The molecule has 0 saturated heterocycles. The summed E-state index contributed by atoms with van der Waals surface area (Å²) in [5, 5.41) is 10.7. The van der Waals surface area contributed by atoms with E-state index >= 15 is 0 Å². The highest BCUT2D eigenvalue weighted by molar-refractivity contribution is 14.0. The number of hydrogen-bond donors (Lipinski definition) is 2. The Hall–Kier alpha value is -2.55. The second-order valence-corrected chi connectivity index (χ2v) is 6.46. The summed E-state index contributed by atoms with van der Waals surface area (Å²) in [5.74, 6) is 2.40. The quantitative estimate of drug-likeness (QED) is 0.286. The van der Waals surface area contributed by atoms with Crippen LogP contribution in [0.25, 0.3) is 11.3 Å². The highest BCUT2D eigenvalue weighted by atomic mass is 127. The molecule has 1 heterocycles. The monoisotopic (exact) mass is 506 g/mol. The maximum absolute atomic E-state index is 5.42. The number of hydrogen-bond acceptors (Lipinski definition) is 4. The average molecular weight is 506 g/mol. The lowest BCUT2D eigenvalue weighted by Gasteiger charge is -2.12. The van der Waals surface area contributed by atoms with Crippen LogP contribution in [0, 0.1) is 6.92 Å². The molecule has 3 rings (SSSR count). The van der Waals surface area contributed by atoms with Gasteiger partial charge in [0.1, 0.15) is 11.4 Å². The molecule has 0 spiro atoms. The molecule has 0 radical (unpaired) electrons. The van der Waals surface area contributed by atoms with Gasteiger partial charge in [0.15, 0.2) is 11.7 Å². The number of rotatable bonds is 7. The number of aliphatic imine (C=N–C) groups is 1. The number of benzene rings is 2. The van der Waals surface area contributed by atoms with E-state index in [0.29, 0.717) is 6.54 Å². The van der Waals surface area contributed by atoms with Gasteiger partial charge >= 0.3 is 0 Å². The average Bonchev–Trinajstić information content (AvgIpc) is 3.21. The fraction of sp³-hybridized carbons (Fsp3) is 0.273. The summed E-state index contributed by atoms with van der Waals surface area (Å²) < 4.78 is 10.8. The van der Waals surface area contributed by atoms with Gasteiger partial charge in [-0.1, -0.05) is 47.6 Å². The minimum absolute atomic E-state index is 0. The van der Waals surface area contributed by atoms with E-state index in [9.17, 15) is 0 Å². The molecule has 0 aliphatic carbocycles. The zero-order valence-electron chi connectivity index (χ0n) is 16.9. The minimum Gasteiger partial charge on any atom is -0.496 e. The van der Waals surface area contributed by atoms with Crippen LogP contribution in [-0.2, 0) is 13.0 Å². The van der Waals surface area contributed by atoms with Crippen LogP contribution in [0.15, 0.2) is 64.1 Å². The van der Waals surface area contributed by atoms with Gasteiger partial charge in [0.25, 0.3) is 0 Å². The molecule has 0 amide bonds. The summed E-state index contributed by atoms with van der Waals surface area (Å²) in [6.07, 6.45) is 0.874. The maximum Gasteiger partial charge on any atom is 0.191 e. The van der Waals surface area contributed by atoms with E-state index in [1.54, 1.807) is 14.2 Å². The largest absolute Gasteiger partial charge is 0.496 e. The molecule has 1 aromatic heterocycles. The van der Waals surface area contributed by atoms with Gasteiger partial charge in [0, 0.05) is 25.2 Å². The Morgan fingerprint density at radius 1 is 1.10 bits per heavy atom. The Labute approximate surface area is 188 Å². The van der Waals surface area contributed by atoms with Gasteiger partial charge in [-0.2, -0.15) is 0 Å². The molecule has 0 fully saturated rings. The highest BCUT2D eigenvalue weighted by Gasteiger charge is 2.07. The molecule has 0 aliphatic heterocycles. The third-order valence-electron chi connectivity index (χ3n) is 4.46. The van der Waals surface area contributed by atoms with Crippen LogP contribution >= 0.6 is 24.0 Å². The zero-order chi connectivity index (χ0) is 19.8. The van der Waals surface area contributed by atoms with Gasteiger partial charge in [0.05, 0.1) is 13.7 Å². The van der Waals surface area contributed by atoms with Crippen molar-refractivity contribution in [3.63, 3.8) is 0 Å². The standard InChI is InChI=1S/C22H26N4O2.HI/c1-16-9-10-17(13-20(16)27-3)11-12-24-22(23-2)25-15-19-14-21(28-26-19)18-7-5-4-6-8-18;/h4-10,13-14H,11-12,15H2,1-3H3,(H2,23,24,25);1H. The fourth-order valence-corrected chi connectivity index (χ4v) is 2.87. The molecular formula is C22H27IN4O2. The van der Waals surface area contributed by atoms with Gasteiger partial charge in [0.2, 0.25) is 0 Å². The molecule has 0 bridgehead atoms. The smallest absolute Gasteiger partial charge is 0.191 e. The summed E-state index contributed by atoms with van der Waals surface area (Å²) in [6, 6.07) is 18.1. The van der Waals surface area contributed by atoms with Crippen molar-refractivity contribution in [1.29, 1.82) is 0 Å². The van der Waals surface area contributed by atoms with E-state index in [1.807, 2.05) is 43.3 Å². The van der Waals surface area contributed by atoms with Crippen LogP contribution in [0.1, 0.15) is 16.8 Å². The van der Waals surface area contributed by atoms with Crippen LogP contribution in [0.2, 0.25) is 0 Å². The second-order valence-electron chi connectivity index (χ2n) is 6.46. The molecule has 2 aromatic carbocycles. The summed E-state index contributed by atoms with van der Waals surface area (Å²) in [4.78, 5) is 4.26. The van der Waals surface area contributed by atoms with Crippen molar-refractivity contribution in [2.75, 3.05) is 20.7 Å². The predicted octanol–water partition coefficient (Wildman–Crippen LogP) is 4.18. The number of nitrogens with zero attached hydrogens (tertiary/aromatic N) is 2. The number of ether oxygens (including phenoxy) is 1. The van der Waals surface area contributed by atoms with Crippen molar-refractivity contribution in [3.05, 3.63) is 71.4 Å². The number of guanidine groups is 1. The van der Waals surface area contributed by atoms with Crippen molar-refractivity contribution in [2.24, 2.45) is 4.99 Å². The van der Waals surface area contributed by atoms with Crippen molar-refractivity contribution in [1.82, 2.24) is 15.8 Å². The molecule has 154 valence electrons. The first kappa shape index (κ1) is 22.7. The number of aryl methyl sites for hydroxylation is 1. The molecule has 0 atom stereocenters. The molecule has 3 aromatic rings. The first-order chi connectivity index (χ1) is 13.7. The lowest BCUT2D eigenvalue weighted by molar-refractivity contribution is 0.411. The molecule has 0 aliphatic rings. The summed E-state index contributed by atoms with van der Waals surface area (Å²) in [5.41, 5.74) is 4.19. The maximum atomic E-state index is 5.42. The Bertz CT molecular complexity index is 926. The molecule has 2 N–H and O–H groups in total. The summed E-state index contributed by atoms with van der Waals surface area (Å²) in [7, 11) is 3.45. The third-order valence-corrected chi connectivity index (χ3v) is 4.46. The van der Waals surface area contributed by atoms with E-state index in [2.05, 4.69) is 39.0 Å². The second kappa shape index (κ2) is 11.5. The highest BCUT2D eigenvalue weighted by Crippen LogP contribution is 2.20. The van der Waals surface area contributed by atoms with Crippen LogP contribution in [0.4, 0.5) is 0 Å². The number of nitrogens with one attached hydrogen (secondary N) is 2. The summed E-state index contributed by atoms with van der Waals surface area (Å²) in [6.45, 7) is 3.34. The molecule has 0 unspecified atom stereocenters. The van der Waals surface area contributed by atoms with Gasteiger partial charge < -0.3 is 19.9 Å².